The van der Waals surface area contributed by atoms with Gasteiger partial charge in [0.15, 0.2) is 6.61 Å². The van der Waals surface area contributed by atoms with Gasteiger partial charge in [-0.2, -0.15) is 0 Å². The number of hydrogen-bond donors (Lipinski definition) is 1. The Hall–Kier alpha value is -1.42. The third-order valence-electron chi connectivity index (χ3n) is 2.09. The summed E-state index contributed by atoms with van der Waals surface area (Å²) in [6, 6.07) is 4.84. The molecule has 17 heavy (non-hydrogen) atoms. The average molecular weight is 258 g/mol. The Morgan fingerprint density at radius 3 is 2.88 bits per heavy atom. The van der Waals surface area contributed by atoms with Crippen LogP contribution in [0.25, 0.3) is 0 Å². The molecule has 0 amide bonds. The lowest BCUT2D eigenvalue weighted by atomic mass is 10.3. The van der Waals surface area contributed by atoms with Crippen molar-refractivity contribution < 1.29 is 14.3 Å². The molecule has 0 aromatic heterocycles. The van der Waals surface area contributed by atoms with E-state index in [0.29, 0.717) is 23.1 Å². The van der Waals surface area contributed by atoms with Gasteiger partial charge in [0.1, 0.15) is 5.75 Å². The fourth-order valence-corrected chi connectivity index (χ4v) is 1.28. The van der Waals surface area contributed by atoms with Gasteiger partial charge >= 0.3 is 5.97 Å². The molecule has 1 aromatic carbocycles. The maximum atomic E-state index is 11.2. The lowest BCUT2D eigenvalue weighted by molar-refractivity contribution is -0.146. The second-order valence-corrected chi connectivity index (χ2v) is 3.95. The van der Waals surface area contributed by atoms with Crippen molar-refractivity contribution in [3.8, 4) is 5.75 Å². The molecule has 0 aliphatic heterocycles. The second kappa shape index (κ2) is 7.01. The van der Waals surface area contributed by atoms with Crippen molar-refractivity contribution in [2.75, 3.05) is 18.9 Å². The maximum Gasteiger partial charge on any atom is 0.344 e. The van der Waals surface area contributed by atoms with Crippen LogP contribution >= 0.6 is 11.6 Å². The van der Waals surface area contributed by atoms with Gasteiger partial charge in [0.2, 0.25) is 0 Å². The van der Waals surface area contributed by atoms with Crippen molar-refractivity contribution >= 4 is 23.3 Å². The molecule has 5 heteroatoms. The molecule has 0 atom stereocenters. The fourth-order valence-electron chi connectivity index (χ4n) is 1.11. The van der Waals surface area contributed by atoms with Crippen LogP contribution in [0.3, 0.4) is 0 Å². The normalized spacial score (nSPS) is 10.0. The first-order valence-electron chi connectivity index (χ1n) is 5.47. The van der Waals surface area contributed by atoms with Crippen LogP contribution in [0.1, 0.15) is 19.8 Å². The number of benzene rings is 1. The number of carbonyl (C=O) groups excluding carboxylic acids is 1. The number of esters is 1. The molecule has 0 bridgehead atoms. The van der Waals surface area contributed by atoms with Crippen molar-refractivity contribution in [2.45, 2.75) is 19.8 Å². The molecule has 1 rings (SSSR count). The minimum absolute atomic E-state index is 0.121. The standard InChI is InChI=1S/C12H16ClNO3/c1-2-3-6-16-12(15)8-17-9-4-5-11(14)10(13)7-9/h4-5,7H,2-3,6,8,14H2,1H3. The number of halogens is 1. The van der Waals surface area contributed by atoms with Crippen molar-refractivity contribution in [3.05, 3.63) is 23.2 Å². The van der Waals surface area contributed by atoms with Crippen molar-refractivity contribution in [1.82, 2.24) is 0 Å². The molecule has 0 unspecified atom stereocenters. The highest BCUT2D eigenvalue weighted by atomic mass is 35.5. The van der Waals surface area contributed by atoms with E-state index in [0.717, 1.165) is 12.8 Å². The minimum atomic E-state index is -0.383. The summed E-state index contributed by atoms with van der Waals surface area (Å²) in [6.45, 7) is 2.34. The van der Waals surface area contributed by atoms with E-state index in [2.05, 4.69) is 0 Å². The number of nitrogens with two attached hydrogens (primary N) is 1. The Bertz CT molecular complexity index is 382. The van der Waals surface area contributed by atoms with E-state index in [4.69, 9.17) is 26.8 Å². The highest BCUT2D eigenvalue weighted by Crippen LogP contribution is 2.23. The molecule has 0 saturated carbocycles. The Morgan fingerprint density at radius 2 is 2.24 bits per heavy atom. The van der Waals surface area contributed by atoms with E-state index >= 15 is 0 Å². The largest absolute Gasteiger partial charge is 0.482 e. The SMILES string of the molecule is CCCCOC(=O)COc1ccc(N)c(Cl)c1. The molecule has 0 radical (unpaired) electrons. The van der Waals surface area contributed by atoms with Crippen LogP contribution in [0, 0.1) is 0 Å². The van der Waals surface area contributed by atoms with E-state index in [1.165, 1.54) is 0 Å². The zero-order valence-corrected chi connectivity index (χ0v) is 10.5. The number of anilines is 1. The van der Waals surface area contributed by atoms with Crippen LogP contribution in [0.2, 0.25) is 5.02 Å². The summed E-state index contributed by atoms with van der Waals surface area (Å²) < 4.78 is 10.2. The van der Waals surface area contributed by atoms with E-state index in [1.807, 2.05) is 6.92 Å². The zero-order valence-electron chi connectivity index (χ0n) is 9.74. The molecule has 1 aromatic rings. The summed E-state index contributed by atoms with van der Waals surface area (Å²) in [7, 11) is 0. The smallest absolute Gasteiger partial charge is 0.344 e. The van der Waals surface area contributed by atoms with Crippen molar-refractivity contribution in [3.63, 3.8) is 0 Å². The molecular formula is C12H16ClNO3. The number of rotatable bonds is 6. The van der Waals surface area contributed by atoms with Crippen LogP contribution in [0.15, 0.2) is 18.2 Å². The summed E-state index contributed by atoms with van der Waals surface area (Å²) in [4.78, 5) is 11.2. The Morgan fingerprint density at radius 1 is 1.47 bits per heavy atom. The zero-order chi connectivity index (χ0) is 12.7. The molecule has 0 heterocycles. The van der Waals surface area contributed by atoms with Gasteiger partial charge in [-0.15, -0.1) is 0 Å². The summed E-state index contributed by atoms with van der Waals surface area (Å²) in [5.41, 5.74) is 6.02. The first-order valence-corrected chi connectivity index (χ1v) is 5.84. The van der Waals surface area contributed by atoms with Crippen LogP contribution in [-0.4, -0.2) is 19.2 Å². The summed E-state index contributed by atoms with van der Waals surface area (Å²) >= 11 is 5.81. The highest BCUT2D eigenvalue weighted by molar-refractivity contribution is 6.33. The average Bonchev–Trinajstić information content (AvgIpc) is 2.31. The third kappa shape index (κ3) is 4.95. The van der Waals surface area contributed by atoms with Gasteiger partial charge in [0.05, 0.1) is 17.3 Å². The van der Waals surface area contributed by atoms with E-state index in [-0.39, 0.29) is 12.6 Å². The van der Waals surface area contributed by atoms with Gasteiger partial charge in [-0.25, -0.2) is 4.79 Å². The summed E-state index contributed by atoms with van der Waals surface area (Å²) in [5, 5.41) is 0.404. The lowest BCUT2D eigenvalue weighted by Gasteiger charge is -2.07. The molecule has 2 N–H and O–H groups in total. The van der Waals surface area contributed by atoms with Crippen LogP contribution in [0.4, 0.5) is 5.69 Å². The number of carbonyl (C=O) groups is 1. The van der Waals surface area contributed by atoms with E-state index in [9.17, 15) is 4.79 Å². The monoisotopic (exact) mass is 257 g/mol. The predicted octanol–water partition coefficient (Wildman–Crippen LogP) is 2.64. The van der Waals surface area contributed by atoms with Gasteiger partial charge in [0.25, 0.3) is 0 Å². The molecule has 0 fully saturated rings. The molecule has 0 aliphatic rings. The molecule has 0 spiro atoms. The second-order valence-electron chi connectivity index (χ2n) is 3.55. The topological polar surface area (TPSA) is 61.5 Å². The predicted molar refractivity (Wildman–Crippen MR) is 67.2 cm³/mol. The molecule has 94 valence electrons. The molecule has 0 saturated heterocycles. The first kappa shape index (κ1) is 13.6. The third-order valence-corrected chi connectivity index (χ3v) is 2.42. The molecule has 0 aliphatic carbocycles. The van der Waals surface area contributed by atoms with Crippen LogP contribution in [-0.2, 0) is 9.53 Å². The minimum Gasteiger partial charge on any atom is -0.482 e. The number of hydrogen-bond acceptors (Lipinski definition) is 4. The van der Waals surface area contributed by atoms with Gasteiger partial charge in [-0.3, -0.25) is 0 Å². The first-order chi connectivity index (χ1) is 8.13. The number of unbranched alkanes of at least 4 members (excludes halogenated alkanes) is 1. The Labute approximate surface area is 106 Å². The number of ether oxygens (including phenoxy) is 2. The molecular weight excluding hydrogens is 242 g/mol. The van der Waals surface area contributed by atoms with E-state index in [1.54, 1.807) is 18.2 Å². The fraction of sp³-hybridized carbons (Fsp3) is 0.417. The Kier molecular flexibility index (Phi) is 5.63. The van der Waals surface area contributed by atoms with Crippen molar-refractivity contribution in [2.24, 2.45) is 0 Å². The lowest BCUT2D eigenvalue weighted by Crippen LogP contribution is -2.15. The quantitative estimate of drug-likeness (QED) is 0.483. The van der Waals surface area contributed by atoms with Crippen LogP contribution < -0.4 is 10.5 Å². The van der Waals surface area contributed by atoms with E-state index < -0.39 is 0 Å². The van der Waals surface area contributed by atoms with Gasteiger partial charge < -0.3 is 15.2 Å². The van der Waals surface area contributed by atoms with Gasteiger partial charge in [0, 0.05) is 6.07 Å². The summed E-state index contributed by atoms with van der Waals surface area (Å²) in [6.07, 6.45) is 1.85. The van der Waals surface area contributed by atoms with Gasteiger partial charge in [-0.1, -0.05) is 24.9 Å². The van der Waals surface area contributed by atoms with Gasteiger partial charge in [-0.05, 0) is 18.6 Å². The molecule has 4 nitrogen and oxygen atoms in total. The highest BCUT2D eigenvalue weighted by Gasteiger charge is 2.05. The van der Waals surface area contributed by atoms with Crippen molar-refractivity contribution in [1.29, 1.82) is 0 Å². The number of nitrogen functional groups attached to an aromatic ring is 1. The maximum absolute atomic E-state index is 11.2. The van der Waals surface area contributed by atoms with Crippen LogP contribution in [0.5, 0.6) is 5.75 Å². The Balaban J connectivity index is 2.34. The summed E-state index contributed by atoms with van der Waals surface area (Å²) in [5.74, 6) is 0.114.